The second-order valence-electron chi connectivity index (χ2n) is 11.5. The molecule has 0 unspecified atom stereocenters. The molecule has 4 aromatic rings. The minimum atomic E-state index is -4.52. The van der Waals surface area contributed by atoms with Crippen LogP contribution in [-0.2, 0) is 16.6 Å². The number of aromatic nitrogens is 2. The van der Waals surface area contributed by atoms with Crippen molar-refractivity contribution >= 4 is 56.3 Å². The van der Waals surface area contributed by atoms with Gasteiger partial charge < -0.3 is 19.7 Å². The number of hydrogen-bond acceptors (Lipinski definition) is 8. The highest BCUT2D eigenvalue weighted by Crippen LogP contribution is 2.40. The van der Waals surface area contributed by atoms with Gasteiger partial charge in [-0.1, -0.05) is 40.9 Å². The molecular weight excluding hydrogens is 688 g/mol. The van der Waals surface area contributed by atoms with E-state index in [1.54, 1.807) is 18.2 Å². The highest BCUT2D eigenvalue weighted by molar-refractivity contribution is 7.92. The summed E-state index contributed by atoms with van der Waals surface area (Å²) < 4.78 is 56.0. The summed E-state index contributed by atoms with van der Waals surface area (Å²) in [7, 11) is 2.44. The Bertz CT molecular complexity index is 1830. The van der Waals surface area contributed by atoms with Crippen molar-refractivity contribution in [1.29, 1.82) is 0 Å². The summed E-state index contributed by atoms with van der Waals surface area (Å²) in [6.45, 7) is -0.212. The van der Waals surface area contributed by atoms with Crippen LogP contribution in [0.1, 0.15) is 36.3 Å². The van der Waals surface area contributed by atoms with Crippen LogP contribution >= 0.6 is 34.8 Å². The van der Waals surface area contributed by atoms with E-state index >= 15 is 4.39 Å². The second-order valence-corrected chi connectivity index (χ2v) is 14.5. The maximum atomic E-state index is 15.9. The molecule has 1 saturated carbocycles. The van der Waals surface area contributed by atoms with Crippen LogP contribution in [0.25, 0.3) is 0 Å². The molecule has 9 nitrogen and oxygen atoms in total. The first-order valence-corrected chi connectivity index (χ1v) is 17.4. The van der Waals surface area contributed by atoms with Gasteiger partial charge in [0.25, 0.3) is 10.0 Å². The van der Waals surface area contributed by atoms with Crippen molar-refractivity contribution in [3.63, 3.8) is 0 Å². The zero-order valence-electron chi connectivity index (χ0n) is 26.3. The zero-order valence-corrected chi connectivity index (χ0v) is 29.3. The summed E-state index contributed by atoms with van der Waals surface area (Å²) in [5.74, 6) is 0.266. The standard InChI is InChI=1S/C33H35Cl3FN5O4S/c1-41(2)30-14-21(20-6-9-24(34)25(35)13-20)7-10-28(30)40-29-17-27(37)32(16-26(29)36)47(43,44)42(33-11-12-38-19-39-33)18-22-5-8-23(45-3)15-31(22)46-4/h5-6,8-9,11-13,15-17,19,21,28,30,40H,7,10,14,18H2,1-4H3/t21-,28-,30-/m0/s1. The minimum Gasteiger partial charge on any atom is -0.497 e. The molecule has 0 bridgehead atoms. The summed E-state index contributed by atoms with van der Waals surface area (Å²) >= 11 is 19.1. The number of benzene rings is 3. The lowest BCUT2D eigenvalue weighted by Gasteiger charge is -2.41. The van der Waals surface area contributed by atoms with Crippen LogP contribution in [0.15, 0.2) is 72.0 Å². The van der Waals surface area contributed by atoms with Gasteiger partial charge in [-0.15, -0.1) is 0 Å². The molecular formula is C33H35Cl3FN5O4S. The van der Waals surface area contributed by atoms with Gasteiger partial charge in [0.1, 0.15) is 34.4 Å². The van der Waals surface area contributed by atoms with E-state index in [1.165, 1.54) is 32.8 Å². The molecule has 250 valence electrons. The normalized spacial score (nSPS) is 18.2. The molecule has 3 atom stereocenters. The third-order valence-corrected chi connectivity index (χ3v) is 11.3. The van der Waals surface area contributed by atoms with Crippen LogP contribution in [0.3, 0.4) is 0 Å². The van der Waals surface area contributed by atoms with Gasteiger partial charge in [-0.2, -0.15) is 0 Å². The summed E-state index contributed by atoms with van der Waals surface area (Å²) in [4.78, 5) is 9.58. The van der Waals surface area contributed by atoms with E-state index < -0.39 is 20.7 Å². The lowest BCUT2D eigenvalue weighted by atomic mass is 9.78. The zero-order chi connectivity index (χ0) is 33.9. The third-order valence-electron chi connectivity index (χ3n) is 8.46. The van der Waals surface area contributed by atoms with Crippen molar-refractivity contribution in [3.8, 4) is 11.5 Å². The molecule has 47 heavy (non-hydrogen) atoms. The topological polar surface area (TPSA) is 96.9 Å². The van der Waals surface area contributed by atoms with E-state index in [0.29, 0.717) is 32.8 Å². The Morgan fingerprint density at radius 2 is 1.74 bits per heavy atom. The van der Waals surface area contributed by atoms with Gasteiger partial charge in [0, 0.05) is 36.0 Å². The number of rotatable bonds is 11. The highest BCUT2D eigenvalue weighted by atomic mass is 35.5. The number of nitrogens with one attached hydrogen (secondary N) is 1. The lowest BCUT2D eigenvalue weighted by molar-refractivity contribution is 0.196. The average molecular weight is 723 g/mol. The molecule has 14 heteroatoms. The highest BCUT2D eigenvalue weighted by Gasteiger charge is 2.35. The first-order valence-electron chi connectivity index (χ1n) is 14.8. The molecule has 0 radical (unpaired) electrons. The molecule has 1 aromatic heterocycles. The maximum Gasteiger partial charge on any atom is 0.268 e. The average Bonchev–Trinajstić information content (AvgIpc) is 3.06. The van der Waals surface area contributed by atoms with Gasteiger partial charge in [0.05, 0.1) is 41.5 Å². The van der Waals surface area contributed by atoms with Crippen molar-refractivity contribution in [2.75, 3.05) is 37.9 Å². The minimum absolute atomic E-state index is 0.0446. The molecule has 5 rings (SSSR count). The number of likely N-dealkylation sites (N-methyl/N-ethyl adjacent to an activating group) is 1. The van der Waals surface area contributed by atoms with E-state index in [2.05, 4.69) is 20.2 Å². The smallest absolute Gasteiger partial charge is 0.268 e. The van der Waals surface area contributed by atoms with E-state index in [9.17, 15) is 8.42 Å². The van der Waals surface area contributed by atoms with Gasteiger partial charge in [-0.05, 0) is 81.2 Å². The molecule has 1 heterocycles. The fourth-order valence-electron chi connectivity index (χ4n) is 5.97. The van der Waals surface area contributed by atoms with Gasteiger partial charge in [-0.25, -0.2) is 27.1 Å². The number of sulfonamides is 1. The predicted octanol–water partition coefficient (Wildman–Crippen LogP) is 7.67. The van der Waals surface area contributed by atoms with Crippen LogP contribution in [-0.4, -0.2) is 63.7 Å². The van der Waals surface area contributed by atoms with E-state index in [4.69, 9.17) is 44.3 Å². The second kappa shape index (κ2) is 14.8. The maximum absolute atomic E-state index is 15.9. The molecule has 0 aliphatic heterocycles. The Morgan fingerprint density at radius 3 is 2.40 bits per heavy atom. The molecule has 1 fully saturated rings. The largest absolute Gasteiger partial charge is 0.497 e. The number of nitrogens with zero attached hydrogens (tertiary/aromatic N) is 4. The Balaban J connectivity index is 1.43. The molecule has 0 amide bonds. The van der Waals surface area contributed by atoms with Crippen LogP contribution in [0.2, 0.25) is 15.1 Å². The lowest BCUT2D eigenvalue weighted by Crippen LogP contribution is -2.47. The molecule has 1 N–H and O–H groups in total. The van der Waals surface area contributed by atoms with Crippen LogP contribution in [0.5, 0.6) is 11.5 Å². The van der Waals surface area contributed by atoms with Gasteiger partial charge in [-0.3, -0.25) is 0 Å². The number of methoxy groups -OCH3 is 2. The quantitative estimate of drug-likeness (QED) is 0.169. The van der Waals surface area contributed by atoms with Crippen molar-refractivity contribution in [2.45, 2.75) is 48.7 Å². The molecule has 1 aliphatic rings. The van der Waals surface area contributed by atoms with E-state index in [0.717, 1.165) is 41.3 Å². The molecule has 1 aliphatic carbocycles. The predicted molar refractivity (Wildman–Crippen MR) is 184 cm³/mol. The summed E-state index contributed by atoms with van der Waals surface area (Å²) in [6, 6.07) is 14.4. The van der Waals surface area contributed by atoms with Gasteiger partial charge in [0.2, 0.25) is 0 Å². The number of ether oxygens (including phenoxy) is 2. The van der Waals surface area contributed by atoms with Crippen molar-refractivity contribution in [2.24, 2.45) is 0 Å². The van der Waals surface area contributed by atoms with Crippen LogP contribution in [0, 0.1) is 5.82 Å². The molecule has 0 saturated heterocycles. The monoisotopic (exact) mass is 721 g/mol. The van der Waals surface area contributed by atoms with E-state index in [-0.39, 0.29) is 35.4 Å². The number of anilines is 2. The van der Waals surface area contributed by atoms with Gasteiger partial charge >= 0.3 is 0 Å². The Kier molecular flexibility index (Phi) is 11.0. The van der Waals surface area contributed by atoms with Crippen LogP contribution in [0.4, 0.5) is 15.9 Å². The van der Waals surface area contributed by atoms with Crippen LogP contribution < -0.4 is 19.1 Å². The van der Waals surface area contributed by atoms with Crippen molar-refractivity contribution in [3.05, 3.63) is 99.1 Å². The summed E-state index contributed by atoms with van der Waals surface area (Å²) in [5, 5.41) is 4.50. The van der Waals surface area contributed by atoms with E-state index in [1.807, 2.05) is 32.3 Å². The number of halogens is 4. The van der Waals surface area contributed by atoms with Crippen molar-refractivity contribution < 1.29 is 22.3 Å². The van der Waals surface area contributed by atoms with Crippen molar-refractivity contribution in [1.82, 2.24) is 14.9 Å². The van der Waals surface area contributed by atoms with Gasteiger partial charge in [0.15, 0.2) is 0 Å². The first kappa shape index (κ1) is 35.0. The third kappa shape index (κ3) is 7.70. The fourth-order valence-corrected chi connectivity index (χ4v) is 8.03. The Labute approximate surface area is 289 Å². The number of hydrogen-bond donors (Lipinski definition) is 1. The summed E-state index contributed by atoms with van der Waals surface area (Å²) in [5.41, 5.74) is 1.92. The molecule has 0 spiro atoms. The Hall–Kier alpha value is -3.35. The summed E-state index contributed by atoms with van der Waals surface area (Å²) in [6.07, 6.45) is 5.06. The molecule has 3 aromatic carbocycles. The fraction of sp³-hybridized carbons (Fsp3) is 0.333. The first-order chi connectivity index (χ1) is 22.4. The SMILES string of the molecule is COc1ccc(CN(c2ccncn2)S(=O)(=O)c2cc(Cl)c(N[C@H]3CC[C@H](c4ccc(Cl)c(Cl)c4)C[C@@H]3N(C)C)cc2F)c(OC)c1. The Morgan fingerprint density at radius 1 is 0.957 bits per heavy atom.